The van der Waals surface area contributed by atoms with Crippen LogP contribution in [0.15, 0.2) is 36.4 Å². The maximum atomic E-state index is 14.6. The van der Waals surface area contributed by atoms with Crippen LogP contribution in [0.1, 0.15) is 44.3 Å². The largest absolute Gasteiger partial charge is 0.547 e. The lowest BCUT2D eigenvalue weighted by atomic mass is 9.72. The van der Waals surface area contributed by atoms with E-state index < -0.39 is 106 Å². The number of hydrogen-bond acceptors (Lipinski definition) is 12. The van der Waals surface area contributed by atoms with Crippen molar-refractivity contribution >= 4 is 54.3 Å². The minimum Gasteiger partial charge on any atom is -0.534 e. The molecule has 1 unspecified atom stereocenters. The van der Waals surface area contributed by atoms with Gasteiger partial charge in [0, 0.05) is 43.4 Å². The first kappa shape index (κ1) is 38.9. The minimum atomic E-state index is -2.08. The lowest BCUT2D eigenvalue weighted by Gasteiger charge is -2.34. The Labute approximate surface area is 307 Å². The molecule has 0 bridgehead atoms. The molecule has 2 aliphatic heterocycles. The van der Waals surface area contributed by atoms with E-state index in [-0.39, 0.29) is 55.1 Å². The van der Waals surface area contributed by atoms with Crippen LogP contribution in [-0.4, -0.2) is 115 Å². The standard InChI is InChI=1S/C32H29BClF2N5O13/c34-22-17(12-19(36)24(44)25(22)45)23(28(47)38-20-10-13-2-3-18(35)21(31(50)51)26(13)54-33(20)53)39-32(52)41-7-6-40(29(48)30(41)49)5-1-4-37-27(46)14-8-15(42)11-16(43)9-14/h2-3,8-9,11-12,20,23,42-45,53H,1,4-7,10H2,(H,37,46)(H,38,47)(H,39,52)(H,50,51)/t20-,23?/m0/s1. The molecular formula is C32H29BClF2N5O13. The number of carbonyl (C=O) groups excluding carboxylic acids is 5. The molecule has 2 atom stereocenters. The van der Waals surface area contributed by atoms with Gasteiger partial charge in [-0.3, -0.25) is 24.1 Å². The van der Waals surface area contributed by atoms with Crippen molar-refractivity contribution in [2.75, 3.05) is 26.2 Å². The van der Waals surface area contributed by atoms with Gasteiger partial charge < -0.3 is 56.1 Å². The molecule has 22 heteroatoms. The maximum Gasteiger partial charge on any atom is 0.547 e. The molecule has 0 spiro atoms. The molecule has 3 aromatic rings. The predicted octanol–water partition coefficient (Wildman–Crippen LogP) is 0.520. The van der Waals surface area contributed by atoms with Crippen LogP contribution in [-0.2, 0) is 20.8 Å². The van der Waals surface area contributed by atoms with Crippen molar-refractivity contribution in [1.29, 1.82) is 0 Å². The number of urea groups is 1. The van der Waals surface area contributed by atoms with Gasteiger partial charge in [0.2, 0.25) is 5.91 Å². The van der Waals surface area contributed by atoms with Crippen LogP contribution in [0.4, 0.5) is 13.6 Å². The van der Waals surface area contributed by atoms with E-state index in [0.29, 0.717) is 11.0 Å². The third-order valence-electron chi connectivity index (χ3n) is 8.40. The molecule has 3 aromatic carbocycles. The maximum absolute atomic E-state index is 14.6. The smallest absolute Gasteiger partial charge is 0.534 e. The van der Waals surface area contributed by atoms with Gasteiger partial charge in [0.15, 0.2) is 17.3 Å². The molecule has 6 amide bonds. The van der Waals surface area contributed by atoms with E-state index >= 15 is 0 Å². The Balaban J connectivity index is 1.28. The van der Waals surface area contributed by atoms with Crippen molar-refractivity contribution in [1.82, 2.24) is 25.8 Å². The molecule has 284 valence electrons. The molecule has 0 saturated carbocycles. The quantitative estimate of drug-likeness (QED) is 0.0589. The number of piperazine rings is 1. The molecular weight excluding hydrogens is 747 g/mol. The number of phenols is 4. The second-order valence-electron chi connectivity index (χ2n) is 12.0. The number of carboxylic acids is 1. The van der Waals surface area contributed by atoms with Crippen molar-refractivity contribution in [3.63, 3.8) is 0 Å². The number of halogens is 3. The van der Waals surface area contributed by atoms with Gasteiger partial charge in [0.1, 0.15) is 34.7 Å². The van der Waals surface area contributed by atoms with Gasteiger partial charge in [-0.15, -0.1) is 0 Å². The van der Waals surface area contributed by atoms with Gasteiger partial charge in [-0.2, -0.15) is 0 Å². The van der Waals surface area contributed by atoms with Gasteiger partial charge in [-0.05, 0) is 42.7 Å². The number of fused-ring (bicyclic) bond motifs is 1. The summed E-state index contributed by atoms with van der Waals surface area (Å²) in [6.07, 6.45) is -0.198. The number of aromatic hydroxyl groups is 4. The van der Waals surface area contributed by atoms with Gasteiger partial charge in [0.05, 0.1) is 11.0 Å². The summed E-state index contributed by atoms with van der Waals surface area (Å²) in [5.74, 6) is -13.8. The monoisotopic (exact) mass is 775 g/mol. The number of hydrogen-bond donors (Lipinski definition) is 9. The second kappa shape index (κ2) is 15.7. The van der Waals surface area contributed by atoms with Crippen molar-refractivity contribution in [3.8, 4) is 28.7 Å². The summed E-state index contributed by atoms with van der Waals surface area (Å²) in [5, 5.41) is 65.3. The van der Waals surface area contributed by atoms with Crippen LogP contribution in [0.2, 0.25) is 5.02 Å². The Morgan fingerprint density at radius 3 is 2.31 bits per heavy atom. The number of aromatic carboxylic acids is 1. The molecule has 5 rings (SSSR count). The molecule has 9 N–H and O–H groups in total. The topological polar surface area (TPSA) is 276 Å². The van der Waals surface area contributed by atoms with E-state index in [1.54, 1.807) is 0 Å². The van der Waals surface area contributed by atoms with Crippen LogP contribution >= 0.6 is 11.6 Å². The van der Waals surface area contributed by atoms with Crippen LogP contribution in [0.25, 0.3) is 0 Å². The highest BCUT2D eigenvalue weighted by atomic mass is 35.5. The van der Waals surface area contributed by atoms with Crippen molar-refractivity contribution in [2.45, 2.75) is 24.8 Å². The number of carbonyl (C=O) groups is 6. The molecule has 54 heavy (non-hydrogen) atoms. The first-order chi connectivity index (χ1) is 25.5. The molecule has 0 radical (unpaired) electrons. The molecule has 2 aliphatic rings. The zero-order valence-electron chi connectivity index (χ0n) is 27.5. The summed E-state index contributed by atoms with van der Waals surface area (Å²) >= 11 is 6.12. The minimum absolute atomic E-state index is 0.00886. The van der Waals surface area contributed by atoms with E-state index in [4.69, 9.17) is 16.3 Å². The lowest BCUT2D eigenvalue weighted by molar-refractivity contribution is -0.153. The molecule has 18 nitrogen and oxygen atoms in total. The molecule has 1 saturated heterocycles. The van der Waals surface area contributed by atoms with E-state index in [9.17, 15) is 68.1 Å². The number of rotatable bonds is 10. The summed E-state index contributed by atoms with van der Waals surface area (Å²) < 4.78 is 34.0. The van der Waals surface area contributed by atoms with E-state index in [2.05, 4.69) is 16.0 Å². The number of benzene rings is 3. The third-order valence-corrected chi connectivity index (χ3v) is 8.79. The molecule has 1 fully saturated rings. The molecule has 0 aromatic heterocycles. The fraction of sp³-hybridized carbons (Fsp3) is 0.250. The van der Waals surface area contributed by atoms with Crippen molar-refractivity contribution in [2.24, 2.45) is 0 Å². The summed E-state index contributed by atoms with van der Waals surface area (Å²) in [5.41, 5.74) is -1.49. The number of nitrogens with zero attached hydrogens (tertiary/aromatic N) is 2. The van der Waals surface area contributed by atoms with Crippen molar-refractivity contribution < 1.29 is 72.8 Å². The van der Waals surface area contributed by atoms with Crippen LogP contribution in [0.5, 0.6) is 28.7 Å². The number of carboxylic acid groups (broad SMARTS) is 1. The summed E-state index contributed by atoms with van der Waals surface area (Å²) in [4.78, 5) is 78.5. The fourth-order valence-electron chi connectivity index (χ4n) is 5.73. The highest BCUT2D eigenvalue weighted by Gasteiger charge is 2.42. The first-order valence-electron chi connectivity index (χ1n) is 15.8. The Morgan fingerprint density at radius 2 is 1.65 bits per heavy atom. The number of amides is 6. The zero-order chi connectivity index (χ0) is 39.6. The predicted molar refractivity (Wildman–Crippen MR) is 179 cm³/mol. The van der Waals surface area contributed by atoms with E-state index in [1.807, 2.05) is 0 Å². The number of imide groups is 1. The highest BCUT2D eigenvalue weighted by molar-refractivity contribution is 6.47. The Hall–Kier alpha value is -6.35. The highest BCUT2D eigenvalue weighted by Crippen LogP contribution is 2.41. The van der Waals surface area contributed by atoms with Crippen LogP contribution < -0.4 is 20.6 Å². The summed E-state index contributed by atoms with van der Waals surface area (Å²) in [6.45, 7) is -0.637. The van der Waals surface area contributed by atoms with E-state index in [1.165, 1.54) is 0 Å². The molecule has 2 heterocycles. The van der Waals surface area contributed by atoms with Crippen molar-refractivity contribution in [3.05, 3.63) is 75.3 Å². The van der Waals surface area contributed by atoms with Gasteiger partial charge >= 0.3 is 30.9 Å². The van der Waals surface area contributed by atoms with Gasteiger partial charge in [-0.25, -0.2) is 18.4 Å². The third kappa shape index (κ3) is 8.00. The second-order valence-corrected chi connectivity index (χ2v) is 12.4. The Kier molecular flexibility index (Phi) is 11.3. The van der Waals surface area contributed by atoms with Gasteiger partial charge in [-0.1, -0.05) is 17.7 Å². The van der Waals surface area contributed by atoms with Crippen LogP contribution in [0, 0.1) is 11.6 Å². The van der Waals surface area contributed by atoms with E-state index in [0.717, 1.165) is 35.2 Å². The SMILES string of the molecule is O=C(NCCCN1CCN(C(=O)NC(C(=O)N[C@H]2Cc3ccc(F)c(C(=O)O)c3OB2O)c2cc(F)c(O)c(O)c2Cl)C(=O)C1=O)c1cc(O)cc(O)c1. The zero-order valence-corrected chi connectivity index (χ0v) is 28.3. The average Bonchev–Trinajstić information content (AvgIpc) is 3.11. The number of phenolic OH excluding ortho intramolecular Hbond substituents is 4. The fourth-order valence-corrected chi connectivity index (χ4v) is 5.98. The van der Waals surface area contributed by atoms with Gasteiger partial charge in [0.25, 0.3) is 5.91 Å². The summed E-state index contributed by atoms with van der Waals surface area (Å²) in [7, 11) is -1.99. The Bertz CT molecular complexity index is 2060. The first-order valence-corrected chi connectivity index (χ1v) is 16.2. The Morgan fingerprint density at radius 1 is 0.963 bits per heavy atom. The summed E-state index contributed by atoms with van der Waals surface area (Å²) in [6, 6.07) is 2.32. The molecule has 0 aliphatic carbocycles. The average molecular weight is 776 g/mol. The normalized spacial score (nSPS) is 15.9. The number of nitrogens with one attached hydrogen (secondary N) is 3. The van der Waals surface area contributed by atoms with Crippen LogP contribution in [0.3, 0.4) is 0 Å². The lowest BCUT2D eigenvalue weighted by Crippen LogP contribution is -2.60.